The highest BCUT2D eigenvalue weighted by Gasteiger charge is 2.44. The summed E-state index contributed by atoms with van der Waals surface area (Å²) in [5, 5.41) is 6.19. The second-order valence-corrected chi connectivity index (χ2v) is 10.0. The van der Waals surface area contributed by atoms with E-state index in [0.29, 0.717) is 18.8 Å². The van der Waals surface area contributed by atoms with Crippen LogP contribution >= 0.6 is 15.9 Å². The number of nitrogens with zero attached hydrogens (tertiary/aromatic N) is 3. The number of nitrogens with one attached hydrogen (secondary N) is 2. The molecule has 4 rings (SSSR count). The third-order valence-corrected chi connectivity index (χ3v) is 6.93. The Bertz CT molecular complexity index is 1060. The number of aromatic nitrogens is 2. The maximum atomic E-state index is 13.7. The number of methoxy groups -OCH3 is 1. The summed E-state index contributed by atoms with van der Waals surface area (Å²) in [7, 11) is 1.29. The topological polar surface area (TPSA) is 106 Å². The molecule has 9 nitrogen and oxygen atoms in total. The van der Waals surface area contributed by atoms with Gasteiger partial charge in [0, 0.05) is 29.5 Å². The van der Waals surface area contributed by atoms with E-state index in [2.05, 4.69) is 48.7 Å². The highest BCUT2D eigenvalue weighted by Crippen LogP contribution is 2.33. The van der Waals surface area contributed by atoms with E-state index in [1.807, 2.05) is 37.1 Å². The molecule has 3 heterocycles. The number of likely N-dealkylation sites (tertiary alicyclic amines) is 1. The lowest BCUT2D eigenvalue weighted by molar-refractivity contribution is -0.136. The quantitative estimate of drug-likeness (QED) is 0.551. The third kappa shape index (κ3) is 5.93. The summed E-state index contributed by atoms with van der Waals surface area (Å²) in [5.41, 5.74) is 2.32. The van der Waals surface area contributed by atoms with Crippen LogP contribution in [0.15, 0.2) is 53.5 Å². The first-order valence-corrected chi connectivity index (χ1v) is 12.4. The molecule has 35 heavy (non-hydrogen) atoms. The molecule has 0 aliphatic carbocycles. The predicted octanol–water partition coefficient (Wildman–Crippen LogP) is 3.37. The zero-order valence-corrected chi connectivity index (χ0v) is 21.6. The van der Waals surface area contributed by atoms with Gasteiger partial charge < -0.3 is 25.0 Å². The van der Waals surface area contributed by atoms with Crippen LogP contribution in [0, 0.1) is 5.92 Å². The van der Waals surface area contributed by atoms with Gasteiger partial charge in [-0.15, -0.1) is 0 Å². The lowest BCUT2D eigenvalue weighted by Gasteiger charge is -2.33. The molecule has 1 aromatic carbocycles. The van der Waals surface area contributed by atoms with Gasteiger partial charge in [0.15, 0.2) is 0 Å². The number of halogens is 1. The number of hydrogen-bond acceptors (Lipinski definition) is 7. The van der Waals surface area contributed by atoms with Crippen molar-refractivity contribution in [2.75, 3.05) is 13.7 Å². The second kappa shape index (κ2) is 11.1. The first-order chi connectivity index (χ1) is 16.9. The first-order valence-electron chi connectivity index (χ1n) is 11.6. The Kier molecular flexibility index (Phi) is 7.90. The monoisotopic (exact) mass is 543 g/mol. The molecule has 1 aromatic heterocycles. The van der Waals surface area contributed by atoms with Crippen molar-refractivity contribution in [2.45, 2.75) is 50.9 Å². The largest absolute Gasteiger partial charge is 0.471 e. The Morgan fingerprint density at radius 3 is 2.66 bits per heavy atom. The Morgan fingerprint density at radius 2 is 2.00 bits per heavy atom. The zero-order valence-electron chi connectivity index (χ0n) is 20.0. The number of amides is 2. The van der Waals surface area contributed by atoms with Gasteiger partial charge in [0.25, 0.3) is 0 Å². The molecule has 0 radical (unpaired) electrons. The van der Waals surface area contributed by atoms with E-state index < -0.39 is 12.1 Å². The number of hydrogen-bond donors (Lipinski definition) is 2. The van der Waals surface area contributed by atoms with Crippen molar-refractivity contribution in [1.29, 1.82) is 0 Å². The molecule has 2 amide bonds. The Hall–Kier alpha value is -3.14. The van der Waals surface area contributed by atoms with Gasteiger partial charge in [-0.3, -0.25) is 9.78 Å². The molecule has 1 unspecified atom stereocenters. The minimum atomic E-state index is -0.708. The van der Waals surface area contributed by atoms with Crippen LogP contribution in [-0.4, -0.2) is 64.8 Å². The Morgan fingerprint density at radius 1 is 1.23 bits per heavy atom. The SMILES string of the molecule is COC(=O)N[C@H](C(=O)N1C[C@@H](Oc2cnccn2)C[C@H]1C1CC(c2ccc(Br)cc2)=CN1)C(C)C. The van der Waals surface area contributed by atoms with Gasteiger partial charge in [-0.2, -0.15) is 0 Å². The summed E-state index contributed by atoms with van der Waals surface area (Å²) in [4.78, 5) is 35.8. The summed E-state index contributed by atoms with van der Waals surface area (Å²) < 4.78 is 11.9. The van der Waals surface area contributed by atoms with Crippen LogP contribution in [0.4, 0.5) is 4.79 Å². The summed E-state index contributed by atoms with van der Waals surface area (Å²) >= 11 is 3.48. The lowest BCUT2D eigenvalue weighted by Crippen LogP contribution is -2.55. The molecule has 2 aliphatic rings. The summed E-state index contributed by atoms with van der Waals surface area (Å²) in [5.74, 6) is 0.154. The molecule has 186 valence electrons. The van der Waals surface area contributed by atoms with E-state index in [-0.39, 0.29) is 30.0 Å². The van der Waals surface area contributed by atoms with Gasteiger partial charge in [0.1, 0.15) is 12.1 Å². The minimum Gasteiger partial charge on any atom is -0.471 e. The maximum Gasteiger partial charge on any atom is 0.407 e. The van der Waals surface area contributed by atoms with Crippen molar-refractivity contribution < 1.29 is 19.1 Å². The van der Waals surface area contributed by atoms with Crippen molar-refractivity contribution in [1.82, 2.24) is 25.5 Å². The zero-order chi connectivity index (χ0) is 24.9. The normalized spacial score (nSPS) is 22.4. The van der Waals surface area contributed by atoms with E-state index in [1.165, 1.54) is 12.7 Å². The second-order valence-electron chi connectivity index (χ2n) is 9.09. The van der Waals surface area contributed by atoms with Crippen molar-refractivity contribution in [3.8, 4) is 5.88 Å². The number of carbonyl (C=O) groups is 2. The fraction of sp³-hybridized carbons (Fsp3) is 0.440. The average Bonchev–Trinajstić information content (AvgIpc) is 3.50. The standard InChI is InChI=1S/C25H30BrN5O4/c1-15(2)23(30-25(33)34-3)24(32)31-14-19(35-22-13-27-8-9-28-22)11-21(31)20-10-17(12-29-20)16-4-6-18(26)7-5-16/h4-9,12-13,15,19-21,23,29H,10-11,14H2,1-3H3,(H,30,33)/t19-,20?,21-,23-/m0/s1. The van der Waals surface area contributed by atoms with Crippen molar-refractivity contribution >= 4 is 33.5 Å². The lowest BCUT2D eigenvalue weighted by atomic mass is 9.96. The van der Waals surface area contributed by atoms with Gasteiger partial charge >= 0.3 is 6.09 Å². The van der Waals surface area contributed by atoms with Gasteiger partial charge in [-0.05, 0) is 35.6 Å². The summed E-state index contributed by atoms with van der Waals surface area (Å²) in [6.45, 7) is 4.19. The van der Waals surface area contributed by atoms with Gasteiger partial charge in [0.2, 0.25) is 11.8 Å². The molecule has 0 bridgehead atoms. The Labute approximate surface area is 213 Å². The molecule has 2 aliphatic heterocycles. The number of rotatable bonds is 7. The van der Waals surface area contributed by atoms with Crippen LogP contribution in [0.2, 0.25) is 0 Å². The molecule has 2 aromatic rings. The van der Waals surface area contributed by atoms with Gasteiger partial charge in [0.05, 0.1) is 31.9 Å². The molecule has 1 fully saturated rings. The maximum absolute atomic E-state index is 13.7. The van der Waals surface area contributed by atoms with Crippen LogP contribution < -0.4 is 15.4 Å². The third-order valence-electron chi connectivity index (χ3n) is 6.40. The Balaban J connectivity index is 1.53. The summed E-state index contributed by atoms with van der Waals surface area (Å²) in [6, 6.07) is 7.37. The number of alkyl carbamates (subject to hydrolysis) is 1. The number of carbonyl (C=O) groups excluding carboxylic acids is 2. The summed E-state index contributed by atoms with van der Waals surface area (Å²) in [6.07, 6.45) is 7.28. The van der Waals surface area contributed by atoms with Crippen LogP contribution in [-0.2, 0) is 9.53 Å². The smallest absolute Gasteiger partial charge is 0.407 e. The van der Waals surface area contributed by atoms with Crippen molar-refractivity contribution in [3.05, 3.63) is 59.1 Å². The molecule has 4 atom stereocenters. The number of ether oxygens (including phenoxy) is 2. The van der Waals surface area contributed by atoms with E-state index >= 15 is 0 Å². The molecular weight excluding hydrogens is 514 g/mol. The predicted molar refractivity (Wildman–Crippen MR) is 134 cm³/mol. The molecular formula is C25H30BrN5O4. The van der Waals surface area contributed by atoms with E-state index in [4.69, 9.17) is 9.47 Å². The molecule has 2 N–H and O–H groups in total. The fourth-order valence-electron chi connectivity index (χ4n) is 4.62. The van der Waals surface area contributed by atoms with Crippen LogP contribution in [0.25, 0.3) is 5.57 Å². The molecule has 1 saturated heterocycles. The van der Waals surface area contributed by atoms with Crippen molar-refractivity contribution in [2.24, 2.45) is 5.92 Å². The fourth-order valence-corrected chi connectivity index (χ4v) is 4.88. The van der Waals surface area contributed by atoms with Gasteiger partial charge in [-0.25, -0.2) is 9.78 Å². The van der Waals surface area contributed by atoms with E-state index in [9.17, 15) is 9.59 Å². The number of benzene rings is 1. The minimum absolute atomic E-state index is 0.0130. The van der Waals surface area contributed by atoms with E-state index in [1.54, 1.807) is 18.6 Å². The average molecular weight is 544 g/mol. The highest BCUT2D eigenvalue weighted by molar-refractivity contribution is 9.10. The van der Waals surface area contributed by atoms with Crippen LogP contribution in [0.1, 0.15) is 32.3 Å². The molecule has 10 heteroatoms. The first kappa shape index (κ1) is 25.0. The van der Waals surface area contributed by atoms with Crippen molar-refractivity contribution in [3.63, 3.8) is 0 Å². The highest BCUT2D eigenvalue weighted by atomic mass is 79.9. The van der Waals surface area contributed by atoms with E-state index in [0.717, 1.165) is 16.5 Å². The van der Waals surface area contributed by atoms with Gasteiger partial charge in [-0.1, -0.05) is 41.9 Å². The molecule has 0 spiro atoms. The van der Waals surface area contributed by atoms with Crippen LogP contribution in [0.5, 0.6) is 5.88 Å². The van der Waals surface area contributed by atoms with Crippen LogP contribution in [0.3, 0.4) is 0 Å². The molecule has 0 saturated carbocycles.